The Hall–Kier alpha value is -2.01. The second-order valence-corrected chi connectivity index (χ2v) is 6.88. The number of hydrogen-bond acceptors (Lipinski definition) is 5. The number of benzene rings is 1. The highest BCUT2D eigenvalue weighted by Gasteiger charge is 2.17. The van der Waals surface area contributed by atoms with Crippen molar-refractivity contribution in [1.82, 2.24) is 0 Å². The van der Waals surface area contributed by atoms with Crippen LogP contribution >= 0.6 is 12.6 Å². The molecule has 0 radical (unpaired) electrons. The van der Waals surface area contributed by atoms with Crippen LogP contribution in [0.3, 0.4) is 0 Å². The molecule has 5 heteroatoms. The van der Waals surface area contributed by atoms with Crippen molar-refractivity contribution in [3.8, 4) is 5.75 Å². The van der Waals surface area contributed by atoms with Gasteiger partial charge in [0, 0.05) is 4.91 Å². The van der Waals surface area contributed by atoms with E-state index in [-0.39, 0.29) is 16.9 Å². The summed E-state index contributed by atoms with van der Waals surface area (Å²) >= 11 is 4.19. The molecule has 1 aromatic rings. The van der Waals surface area contributed by atoms with Gasteiger partial charge < -0.3 is 5.11 Å². The van der Waals surface area contributed by atoms with Gasteiger partial charge in [0.2, 0.25) is 0 Å². The summed E-state index contributed by atoms with van der Waals surface area (Å²) in [5.41, 5.74) is 6.07. The van der Waals surface area contributed by atoms with Crippen LogP contribution in [-0.4, -0.2) is 16.5 Å². The average molecular weight is 315 g/mol. The van der Waals surface area contributed by atoms with Crippen LogP contribution in [0.5, 0.6) is 5.75 Å². The fourth-order valence-electron chi connectivity index (χ4n) is 2.04. The van der Waals surface area contributed by atoms with Crippen molar-refractivity contribution in [2.45, 2.75) is 33.1 Å². The fourth-order valence-corrected chi connectivity index (χ4v) is 2.24. The fraction of sp³-hybridized carbons (Fsp3) is 0.294. The van der Waals surface area contributed by atoms with Gasteiger partial charge in [-0.25, -0.2) is 0 Å². The van der Waals surface area contributed by atoms with Crippen LogP contribution in [0, 0.1) is 12.3 Å². The first-order valence-electron chi connectivity index (χ1n) is 7.04. The van der Waals surface area contributed by atoms with Gasteiger partial charge >= 0.3 is 0 Å². The van der Waals surface area contributed by atoms with E-state index >= 15 is 0 Å². The molecule has 0 amide bonds. The number of allylic oxidation sites excluding steroid dienone is 3. The molecule has 1 aromatic carbocycles. The predicted molar refractivity (Wildman–Crippen MR) is 96.5 cm³/mol. The number of aromatic hydroxyl groups is 1. The van der Waals surface area contributed by atoms with Gasteiger partial charge in [0.15, 0.2) is 0 Å². The third-order valence-corrected chi connectivity index (χ3v) is 3.72. The minimum absolute atomic E-state index is 0.0247. The maximum Gasteiger partial charge on any atom is 0.143 e. The zero-order valence-corrected chi connectivity index (χ0v) is 14.1. The lowest BCUT2D eigenvalue weighted by molar-refractivity contribution is 0.472. The molecule has 0 bridgehead atoms. The van der Waals surface area contributed by atoms with Crippen molar-refractivity contribution >= 4 is 29.7 Å². The Morgan fingerprint density at radius 1 is 1.23 bits per heavy atom. The molecule has 0 saturated carbocycles. The molecule has 0 spiro atoms. The summed E-state index contributed by atoms with van der Waals surface area (Å²) in [7, 11) is 0. The molecule has 0 heterocycles. The summed E-state index contributed by atoms with van der Waals surface area (Å²) in [5.74, 6) is 0.175. The Bertz CT molecular complexity index is 709. The number of anilines is 1. The molecule has 1 aliphatic carbocycles. The van der Waals surface area contributed by atoms with E-state index in [1.54, 1.807) is 18.2 Å². The number of phenolic OH excluding ortho intramolecular Hbond substituents is 1. The molecule has 2 rings (SSSR count). The first-order valence-corrected chi connectivity index (χ1v) is 7.48. The summed E-state index contributed by atoms with van der Waals surface area (Å²) in [5, 5.41) is 22.3. The standard InChI is InChI=1S/C17H21N3OS/c1-10-7-11(17(2,3)4)8-15(16(10)21)20-19-14-6-5-12(22)9-13(14)18/h5-9,18,20-22H,1-4H3/b18-13?,19-14-. The molecule has 0 unspecified atom stereocenters. The first-order chi connectivity index (χ1) is 10.2. The highest BCUT2D eigenvalue weighted by molar-refractivity contribution is 7.84. The number of hydrogen-bond donors (Lipinski definition) is 4. The second kappa shape index (κ2) is 6.01. The topological polar surface area (TPSA) is 68.5 Å². The molecule has 116 valence electrons. The highest BCUT2D eigenvalue weighted by atomic mass is 32.1. The van der Waals surface area contributed by atoms with Gasteiger partial charge in [-0.3, -0.25) is 10.8 Å². The van der Waals surface area contributed by atoms with Crippen LogP contribution in [-0.2, 0) is 5.41 Å². The maximum atomic E-state index is 10.2. The SMILES string of the molecule is Cc1cc(C(C)(C)C)cc(N/N=C2/C=CC(S)=CC2=N)c1O. The number of thiol groups is 1. The minimum Gasteiger partial charge on any atom is -0.505 e. The van der Waals surface area contributed by atoms with Gasteiger partial charge in [-0.2, -0.15) is 5.10 Å². The van der Waals surface area contributed by atoms with Crippen LogP contribution in [0.1, 0.15) is 31.9 Å². The molecule has 1 aliphatic rings. The Balaban J connectivity index is 2.33. The summed E-state index contributed by atoms with van der Waals surface area (Å²) in [6, 6.07) is 3.87. The molecule has 0 atom stereocenters. The smallest absolute Gasteiger partial charge is 0.143 e. The van der Waals surface area contributed by atoms with Crippen LogP contribution in [0.15, 0.2) is 40.4 Å². The van der Waals surface area contributed by atoms with E-state index in [0.29, 0.717) is 11.4 Å². The second-order valence-electron chi connectivity index (χ2n) is 6.36. The van der Waals surface area contributed by atoms with Crippen molar-refractivity contribution in [2.24, 2.45) is 5.10 Å². The van der Waals surface area contributed by atoms with E-state index in [1.807, 2.05) is 19.1 Å². The zero-order valence-electron chi connectivity index (χ0n) is 13.2. The monoisotopic (exact) mass is 315 g/mol. The summed E-state index contributed by atoms with van der Waals surface area (Å²) in [6.07, 6.45) is 5.12. The van der Waals surface area contributed by atoms with Crippen molar-refractivity contribution < 1.29 is 5.11 Å². The minimum atomic E-state index is -0.0247. The van der Waals surface area contributed by atoms with Crippen LogP contribution < -0.4 is 5.43 Å². The van der Waals surface area contributed by atoms with E-state index in [0.717, 1.165) is 16.0 Å². The summed E-state index contributed by atoms with van der Waals surface area (Å²) in [6.45, 7) is 8.22. The lowest BCUT2D eigenvalue weighted by Gasteiger charge is -2.21. The van der Waals surface area contributed by atoms with Gasteiger partial charge in [0.05, 0.1) is 11.4 Å². The van der Waals surface area contributed by atoms with Crippen LogP contribution in [0.25, 0.3) is 0 Å². The molecule has 0 fully saturated rings. The number of phenols is 1. The first kappa shape index (κ1) is 16.4. The Morgan fingerprint density at radius 3 is 2.50 bits per heavy atom. The number of hydrazone groups is 1. The quantitative estimate of drug-likeness (QED) is 0.286. The van der Waals surface area contributed by atoms with Crippen molar-refractivity contribution in [3.63, 3.8) is 0 Å². The molecule has 0 saturated heterocycles. The Labute approximate surface area is 136 Å². The molecular weight excluding hydrogens is 294 g/mol. The lowest BCUT2D eigenvalue weighted by atomic mass is 9.86. The number of nitrogens with one attached hydrogen (secondary N) is 2. The molecular formula is C17H21N3OS. The normalized spacial score (nSPS) is 16.9. The molecule has 3 N–H and O–H groups in total. The summed E-state index contributed by atoms with van der Waals surface area (Å²) in [4.78, 5) is 0.720. The lowest BCUT2D eigenvalue weighted by Crippen LogP contribution is -2.14. The van der Waals surface area contributed by atoms with E-state index in [4.69, 9.17) is 5.41 Å². The summed E-state index contributed by atoms with van der Waals surface area (Å²) < 4.78 is 0. The Morgan fingerprint density at radius 2 is 1.91 bits per heavy atom. The molecule has 22 heavy (non-hydrogen) atoms. The third-order valence-electron chi connectivity index (χ3n) is 3.44. The van der Waals surface area contributed by atoms with Crippen LogP contribution in [0.2, 0.25) is 0 Å². The van der Waals surface area contributed by atoms with Crippen molar-refractivity contribution in [2.75, 3.05) is 5.43 Å². The molecule has 4 nitrogen and oxygen atoms in total. The van der Waals surface area contributed by atoms with E-state index < -0.39 is 0 Å². The zero-order chi connectivity index (χ0) is 16.5. The molecule has 0 aromatic heterocycles. The largest absolute Gasteiger partial charge is 0.505 e. The van der Waals surface area contributed by atoms with Crippen LogP contribution in [0.4, 0.5) is 5.69 Å². The highest BCUT2D eigenvalue weighted by Crippen LogP contribution is 2.34. The maximum absolute atomic E-state index is 10.2. The van der Waals surface area contributed by atoms with Crippen molar-refractivity contribution in [1.29, 1.82) is 5.41 Å². The van der Waals surface area contributed by atoms with Crippen molar-refractivity contribution in [3.05, 3.63) is 46.4 Å². The van der Waals surface area contributed by atoms with Gasteiger partial charge in [0.1, 0.15) is 11.5 Å². The van der Waals surface area contributed by atoms with Gasteiger partial charge in [0.25, 0.3) is 0 Å². The van der Waals surface area contributed by atoms with E-state index in [1.165, 1.54) is 0 Å². The predicted octanol–water partition coefficient (Wildman–Crippen LogP) is 4.17. The van der Waals surface area contributed by atoms with Gasteiger partial charge in [-0.15, -0.1) is 12.6 Å². The Kier molecular flexibility index (Phi) is 4.47. The third kappa shape index (κ3) is 3.60. The number of rotatable bonds is 2. The van der Waals surface area contributed by atoms with Gasteiger partial charge in [-0.05, 0) is 47.8 Å². The number of aryl methyl sites for hydroxylation is 1. The van der Waals surface area contributed by atoms with Gasteiger partial charge in [-0.1, -0.05) is 26.8 Å². The average Bonchev–Trinajstić information content (AvgIpc) is 2.40. The number of nitrogens with zero attached hydrogens (tertiary/aromatic N) is 1. The molecule has 0 aliphatic heterocycles. The van der Waals surface area contributed by atoms with E-state index in [2.05, 4.69) is 43.9 Å². The van der Waals surface area contributed by atoms with E-state index in [9.17, 15) is 5.11 Å².